The molecule has 5 heteroatoms. The van der Waals surface area contributed by atoms with Gasteiger partial charge in [-0.05, 0) is 53.4 Å². The van der Waals surface area contributed by atoms with E-state index in [4.69, 9.17) is 0 Å². The van der Waals surface area contributed by atoms with Crippen molar-refractivity contribution in [1.29, 1.82) is 0 Å². The average molecular weight is 300 g/mol. The van der Waals surface area contributed by atoms with Gasteiger partial charge in [0.25, 0.3) is 0 Å². The molecule has 0 spiro atoms. The first kappa shape index (κ1) is 17.9. The number of nitrogens with one attached hydrogen (secondary N) is 1. The highest BCUT2D eigenvalue weighted by Gasteiger charge is 2.14. The Morgan fingerprint density at radius 3 is 2.48 bits per heavy atom. The third-order valence-electron chi connectivity index (χ3n) is 3.62. The smallest absolute Gasteiger partial charge is 0.387 e. The summed E-state index contributed by atoms with van der Waals surface area (Å²) in [5.74, 6) is 0.242. The molecule has 0 bridgehead atoms. The Balaban J connectivity index is 2.46. The fourth-order valence-corrected chi connectivity index (χ4v) is 2.06. The molecule has 0 saturated heterocycles. The van der Waals surface area contributed by atoms with Gasteiger partial charge in [-0.15, -0.1) is 0 Å². The Hall–Kier alpha value is -1.20. The van der Waals surface area contributed by atoms with E-state index in [0.29, 0.717) is 6.04 Å². The van der Waals surface area contributed by atoms with Crippen LogP contribution in [0.1, 0.15) is 38.8 Å². The van der Waals surface area contributed by atoms with Gasteiger partial charge in [0.05, 0.1) is 0 Å². The molecule has 1 atom stereocenters. The number of benzene rings is 1. The molecule has 0 radical (unpaired) electrons. The minimum absolute atomic E-state index is 0.0238. The van der Waals surface area contributed by atoms with Gasteiger partial charge < -0.3 is 15.0 Å². The number of para-hydroxylation sites is 1. The van der Waals surface area contributed by atoms with Crippen molar-refractivity contribution in [1.82, 2.24) is 10.2 Å². The molecule has 0 aliphatic carbocycles. The van der Waals surface area contributed by atoms with Gasteiger partial charge in [-0.25, -0.2) is 0 Å². The van der Waals surface area contributed by atoms with Crippen molar-refractivity contribution in [3.63, 3.8) is 0 Å². The predicted molar refractivity (Wildman–Crippen MR) is 81.9 cm³/mol. The van der Waals surface area contributed by atoms with E-state index in [1.165, 1.54) is 0 Å². The highest BCUT2D eigenvalue weighted by molar-refractivity contribution is 5.35. The van der Waals surface area contributed by atoms with E-state index in [-0.39, 0.29) is 11.8 Å². The Bertz CT molecular complexity index is 413. The van der Waals surface area contributed by atoms with Crippen LogP contribution in [0.5, 0.6) is 5.75 Å². The molecule has 0 saturated carbocycles. The maximum atomic E-state index is 12.4. The maximum absolute atomic E-state index is 12.4. The molecule has 1 aromatic rings. The molecule has 1 unspecified atom stereocenters. The van der Waals surface area contributed by atoms with Crippen molar-refractivity contribution in [2.45, 2.75) is 45.9 Å². The van der Waals surface area contributed by atoms with Crippen molar-refractivity contribution in [3.8, 4) is 5.75 Å². The molecule has 0 aromatic heterocycles. The zero-order chi connectivity index (χ0) is 15.8. The zero-order valence-corrected chi connectivity index (χ0v) is 13.3. The summed E-state index contributed by atoms with van der Waals surface area (Å²) in [7, 11) is 2.10. The second-order valence-corrected chi connectivity index (χ2v) is 5.52. The first-order valence-corrected chi connectivity index (χ1v) is 7.39. The normalized spacial score (nSPS) is 13.2. The lowest BCUT2D eigenvalue weighted by Crippen LogP contribution is -2.30. The summed E-state index contributed by atoms with van der Waals surface area (Å²) in [6.07, 6.45) is 1.01. The second kappa shape index (κ2) is 8.95. The summed E-state index contributed by atoms with van der Waals surface area (Å²) >= 11 is 0. The van der Waals surface area contributed by atoms with Crippen LogP contribution in [-0.4, -0.2) is 37.7 Å². The SMILES string of the molecule is CC(NCCCN(C)C(C)C)c1ccccc1OC(F)F. The highest BCUT2D eigenvalue weighted by Crippen LogP contribution is 2.26. The molecule has 0 fully saturated rings. The minimum Gasteiger partial charge on any atom is -0.434 e. The van der Waals surface area contributed by atoms with Crippen molar-refractivity contribution >= 4 is 0 Å². The minimum atomic E-state index is -2.79. The van der Waals surface area contributed by atoms with E-state index in [1.54, 1.807) is 12.1 Å². The van der Waals surface area contributed by atoms with Crippen molar-refractivity contribution in [2.24, 2.45) is 0 Å². The number of hydrogen-bond acceptors (Lipinski definition) is 3. The van der Waals surface area contributed by atoms with Crippen LogP contribution < -0.4 is 10.1 Å². The first-order chi connectivity index (χ1) is 9.91. The summed E-state index contributed by atoms with van der Waals surface area (Å²) < 4.78 is 29.3. The van der Waals surface area contributed by atoms with Gasteiger partial charge in [-0.2, -0.15) is 8.78 Å². The van der Waals surface area contributed by atoms with E-state index in [0.717, 1.165) is 25.1 Å². The number of rotatable bonds is 9. The van der Waals surface area contributed by atoms with Crippen molar-refractivity contribution < 1.29 is 13.5 Å². The predicted octanol–water partition coefficient (Wildman–Crippen LogP) is 3.67. The van der Waals surface area contributed by atoms with E-state index >= 15 is 0 Å². The van der Waals surface area contributed by atoms with Crippen LogP contribution in [0.25, 0.3) is 0 Å². The Labute approximate surface area is 126 Å². The van der Waals surface area contributed by atoms with E-state index in [1.807, 2.05) is 19.1 Å². The molecule has 1 rings (SSSR count). The molecule has 120 valence electrons. The molecular weight excluding hydrogens is 274 g/mol. The standard InChI is InChI=1S/C16H26F2N2O/c1-12(2)20(4)11-7-10-19-13(3)14-8-5-6-9-15(14)21-16(17)18/h5-6,8-9,12-13,16,19H,7,10-11H2,1-4H3. The Morgan fingerprint density at radius 2 is 1.86 bits per heavy atom. The number of nitrogens with zero attached hydrogens (tertiary/aromatic N) is 1. The van der Waals surface area contributed by atoms with Crippen molar-refractivity contribution in [2.75, 3.05) is 20.1 Å². The number of ether oxygens (including phenoxy) is 1. The molecule has 0 aliphatic rings. The topological polar surface area (TPSA) is 24.5 Å². The number of halogens is 2. The first-order valence-electron chi connectivity index (χ1n) is 7.39. The van der Waals surface area contributed by atoms with Gasteiger partial charge >= 0.3 is 6.61 Å². The maximum Gasteiger partial charge on any atom is 0.387 e. The van der Waals surface area contributed by atoms with Crippen LogP contribution in [-0.2, 0) is 0 Å². The van der Waals surface area contributed by atoms with Crippen LogP contribution in [0.2, 0.25) is 0 Å². The Morgan fingerprint density at radius 1 is 1.19 bits per heavy atom. The summed E-state index contributed by atoms with van der Waals surface area (Å²) in [5, 5.41) is 3.36. The van der Waals surface area contributed by atoms with Gasteiger partial charge in [0.1, 0.15) is 5.75 Å². The molecule has 0 amide bonds. The van der Waals surface area contributed by atoms with Gasteiger partial charge in [-0.1, -0.05) is 18.2 Å². The lowest BCUT2D eigenvalue weighted by Gasteiger charge is -2.22. The van der Waals surface area contributed by atoms with E-state index in [9.17, 15) is 8.78 Å². The van der Waals surface area contributed by atoms with Crippen LogP contribution in [0.4, 0.5) is 8.78 Å². The molecule has 1 aromatic carbocycles. The molecule has 21 heavy (non-hydrogen) atoms. The van der Waals surface area contributed by atoms with Crippen LogP contribution >= 0.6 is 0 Å². The van der Waals surface area contributed by atoms with Gasteiger partial charge in [0.15, 0.2) is 0 Å². The average Bonchev–Trinajstić information content (AvgIpc) is 2.42. The number of alkyl halides is 2. The zero-order valence-electron chi connectivity index (χ0n) is 13.3. The second-order valence-electron chi connectivity index (χ2n) is 5.52. The lowest BCUT2D eigenvalue weighted by molar-refractivity contribution is -0.0506. The van der Waals surface area contributed by atoms with Gasteiger partial charge in [-0.3, -0.25) is 0 Å². The summed E-state index contributed by atoms with van der Waals surface area (Å²) in [4.78, 5) is 2.28. The lowest BCUT2D eigenvalue weighted by atomic mass is 10.1. The third kappa shape index (κ3) is 6.40. The quantitative estimate of drug-likeness (QED) is 0.704. The van der Waals surface area contributed by atoms with E-state index in [2.05, 4.69) is 35.8 Å². The number of hydrogen-bond donors (Lipinski definition) is 1. The summed E-state index contributed by atoms with van der Waals surface area (Å²) in [6.45, 7) is 5.33. The molecule has 0 aliphatic heterocycles. The molecule has 0 heterocycles. The largest absolute Gasteiger partial charge is 0.434 e. The van der Waals surface area contributed by atoms with Crippen LogP contribution in [0.15, 0.2) is 24.3 Å². The fraction of sp³-hybridized carbons (Fsp3) is 0.625. The molecule has 3 nitrogen and oxygen atoms in total. The third-order valence-corrected chi connectivity index (χ3v) is 3.62. The molecular formula is C16H26F2N2O. The monoisotopic (exact) mass is 300 g/mol. The van der Waals surface area contributed by atoms with E-state index < -0.39 is 6.61 Å². The fourth-order valence-electron chi connectivity index (χ4n) is 2.06. The van der Waals surface area contributed by atoms with Crippen LogP contribution in [0, 0.1) is 0 Å². The van der Waals surface area contributed by atoms with Crippen molar-refractivity contribution in [3.05, 3.63) is 29.8 Å². The van der Waals surface area contributed by atoms with Crippen LogP contribution in [0.3, 0.4) is 0 Å². The Kier molecular flexibility index (Phi) is 7.61. The summed E-state index contributed by atoms with van der Waals surface area (Å²) in [6, 6.07) is 7.43. The summed E-state index contributed by atoms with van der Waals surface area (Å²) in [5.41, 5.74) is 0.759. The van der Waals surface area contributed by atoms with Gasteiger partial charge in [0, 0.05) is 17.6 Å². The highest BCUT2D eigenvalue weighted by atomic mass is 19.3. The molecule has 1 N–H and O–H groups in total. The van der Waals surface area contributed by atoms with Gasteiger partial charge in [0.2, 0.25) is 0 Å².